The second kappa shape index (κ2) is 3.88. The first kappa shape index (κ1) is 8.70. The van der Waals surface area contributed by atoms with Gasteiger partial charge in [0.1, 0.15) is 0 Å². The van der Waals surface area contributed by atoms with Crippen molar-refractivity contribution in [3.63, 3.8) is 0 Å². The topological polar surface area (TPSA) is 38.9 Å². The number of hydrogen-bond donors (Lipinski definition) is 1. The Bertz CT molecular complexity index is 254. The second-order valence-electron chi connectivity index (χ2n) is 3.96. The lowest BCUT2D eigenvalue weighted by Crippen LogP contribution is -2.23. The summed E-state index contributed by atoms with van der Waals surface area (Å²) in [6, 6.07) is 6.32. The number of pyridine rings is 1. The molecule has 1 atom stereocenters. The summed E-state index contributed by atoms with van der Waals surface area (Å²) >= 11 is 0. The van der Waals surface area contributed by atoms with Crippen LogP contribution in [0, 0.1) is 5.92 Å². The maximum absolute atomic E-state index is 6.01. The molecule has 0 bridgehead atoms. The quantitative estimate of drug-likeness (QED) is 0.759. The van der Waals surface area contributed by atoms with Gasteiger partial charge < -0.3 is 5.73 Å². The molecule has 2 nitrogen and oxygen atoms in total. The first-order valence-corrected chi connectivity index (χ1v) is 5.00. The Labute approximate surface area is 79.2 Å². The highest BCUT2D eigenvalue weighted by Crippen LogP contribution is 2.33. The maximum atomic E-state index is 6.01. The van der Waals surface area contributed by atoms with Gasteiger partial charge in [0.15, 0.2) is 0 Å². The van der Waals surface area contributed by atoms with Crippen molar-refractivity contribution in [3.05, 3.63) is 30.1 Å². The van der Waals surface area contributed by atoms with Gasteiger partial charge in [-0.15, -0.1) is 0 Å². The summed E-state index contributed by atoms with van der Waals surface area (Å²) in [4.78, 5) is 4.27. The molecule has 1 aromatic rings. The molecule has 1 fully saturated rings. The third-order valence-electron chi connectivity index (χ3n) is 2.53. The van der Waals surface area contributed by atoms with Crippen molar-refractivity contribution >= 4 is 0 Å². The molecule has 1 unspecified atom stereocenters. The predicted molar refractivity (Wildman–Crippen MR) is 53.3 cm³/mol. The molecule has 1 aromatic heterocycles. The fourth-order valence-corrected chi connectivity index (χ4v) is 1.65. The zero-order valence-corrected chi connectivity index (χ0v) is 7.82. The molecule has 2 rings (SSSR count). The van der Waals surface area contributed by atoms with Crippen LogP contribution in [-0.4, -0.2) is 11.0 Å². The van der Waals surface area contributed by atoms with Gasteiger partial charge in [-0.3, -0.25) is 4.98 Å². The molecule has 1 aliphatic rings. The minimum atomic E-state index is 0.308. The van der Waals surface area contributed by atoms with Gasteiger partial charge in [0.2, 0.25) is 0 Å². The first-order valence-electron chi connectivity index (χ1n) is 5.00. The fourth-order valence-electron chi connectivity index (χ4n) is 1.65. The first-order chi connectivity index (χ1) is 6.34. The van der Waals surface area contributed by atoms with E-state index in [2.05, 4.69) is 4.98 Å². The second-order valence-corrected chi connectivity index (χ2v) is 3.96. The summed E-state index contributed by atoms with van der Waals surface area (Å²) in [6.45, 7) is 0. The average molecular weight is 176 g/mol. The molecular weight excluding hydrogens is 160 g/mol. The van der Waals surface area contributed by atoms with Crippen molar-refractivity contribution in [1.29, 1.82) is 0 Å². The number of aromatic nitrogens is 1. The number of hydrogen-bond acceptors (Lipinski definition) is 2. The summed E-state index contributed by atoms with van der Waals surface area (Å²) < 4.78 is 0. The molecule has 0 saturated heterocycles. The van der Waals surface area contributed by atoms with Crippen molar-refractivity contribution < 1.29 is 0 Å². The summed E-state index contributed by atoms with van der Waals surface area (Å²) in [6.07, 6.45) is 6.71. The van der Waals surface area contributed by atoms with Crippen molar-refractivity contribution in [3.8, 4) is 0 Å². The Hall–Kier alpha value is -0.890. The van der Waals surface area contributed by atoms with Gasteiger partial charge in [-0.1, -0.05) is 18.9 Å². The van der Waals surface area contributed by atoms with Crippen LogP contribution in [0.15, 0.2) is 24.4 Å². The Morgan fingerprint density at radius 3 is 2.92 bits per heavy atom. The van der Waals surface area contributed by atoms with E-state index >= 15 is 0 Å². The van der Waals surface area contributed by atoms with Crippen molar-refractivity contribution in [2.45, 2.75) is 31.7 Å². The highest BCUT2D eigenvalue weighted by molar-refractivity contribution is 5.05. The summed E-state index contributed by atoms with van der Waals surface area (Å²) in [5.74, 6) is 0.915. The maximum Gasteiger partial charge on any atom is 0.0419 e. The highest BCUT2D eigenvalue weighted by Gasteiger charge is 2.23. The molecule has 2 heteroatoms. The van der Waals surface area contributed by atoms with Gasteiger partial charge in [-0.05, 0) is 24.5 Å². The van der Waals surface area contributed by atoms with Crippen LogP contribution in [0.4, 0.5) is 0 Å². The van der Waals surface area contributed by atoms with Crippen LogP contribution in [0.25, 0.3) is 0 Å². The van der Waals surface area contributed by atoms with Crippen LogP contribution in [-0.2, 0) is 6.42 Å². The van der Waals surface area contributed by atoms with E-state index in [0.717, 1.165) is 18.0 Å². The van der Waals surface area contributed by atoms with Gasteiger partial charge in [0.05, 0.1) is 0 Å². The highest BCUT2D eigenvalue weighted by atomic mass is 14.7. The summed E-state index contributed by atoms with van der Waals surface area (Å²) in [5, 5.41) is 0. The van der Waals surface area contributed by atoms with Crippen LogP contribution < -0.4 is 5.73 Å². The molecule has 2 N–H and O–H groups in total. The third-order valence-corrected chi connectivity index (χ3v) is 2.53. The van der Waals surface area contributed by atoms with Crippen LogP contribution in [0.2, 0.25) is 0 Å². The van der Waals surface area contributed by atoms with E-state index < -0.39 is 0 Å². The molecule has 0 aromatic carbocycles. The lowest BCUT2D eigenvalue weighted by molar-refractivity contribution is 0.561. The minimum Gasteiger partial charge on any atom is -0.327 e. The number of rotatable bonds is 4. The van der Waals surface area contributed by atoms with E-state index in [-0.39, 0.29) is 0 Å². The lowest BCUT2D eigenvalue weighted by atomic mass is 10.1. The average Bonchev–Trinajstić information content (AvgIpc) is 2.90. The molecule has 0 spiro atoms. The van der Waals surface area contributed by atoms with E-state index in [4.69, 9.17) is 5.73 Å². The Morgan fingerprint density at radius 1 is 1.46 bits per heavy atom. The van der Waals surface area contributed by atoms with Crippen LogP contribution in [0.3, 0.4) is 0 Å². The van der Waals surface area contributed by atoms with E-state index in [1.807, 2.05) is 24.4 Å². The van der Waals surface area contributed by atoms with Crippen LogP contribution >= 0.6 is 0 Å². The molecule has 0 radical (unpaired) electrons. The summed E-state index contributed by atoms with van der Waals surface area (Å²) in [5.41, 5.74) is 7.13. The molecular formula is C11H16N2. The van der Waals surface area contributed by atoms with E-state index in [0.29, 0.717) is 6.04 Å². The smallest absolute Gasteiger partial charge is 0.0419 e. The Morgan fingerprint density at radius 2 is 2.31 bits per heavy atom. The molecule has 1 heterocycles. The fraction of sp³-hybridized carbons (Fsp3) is 0.545. The van der Waals surface area contributed by atoms with E-state index in [1.54, 1.807) is 0 Å². The zero-order valence-electron chi connectivity index (χ0n) is 7.82. The zero-order chi connectivity index (χ0) is 9.10. The molecule has 13 heavy (non-hydrogen) atoms. The van der Waals surface area contributed by atoms with Gasteiger partial charge in [0, 0.05) is 24.4 Å². The van der Waals surface area contributed by atoms with Crippen molar-refractivity contribution in [1.82, 2.24) is 4.98 Å². The molecule has 1 saturated carbocycles. The Kier molecular flexibility index (Phi) is 2.60. The van der Waals surface area contributed by atoms with Crippen LogP contribution in [0.1, 0.15) is 25.0 Å². The molecule has 70 valence electrons. The molecule has 0 amide bonds. The largest absolute Gasteiger partial charge is 0.327 e. The standard InChI is InChI=1S/C11H16N2/c12-10(7-9-4-5-9)8-11-3-1-2-6-13-11/h1-3,6,9-10H,4-5,7-8,12H2. The minimum absolute atomic E-state index is 0.308. The van der Waals surface area contributed by atoms with Gasteiger partial charge in [0.25, 0.3) is 0 Å². The number of nitrogens with zero attached hydrogens (tertiary/aromatic N) is 1. The summed E-state index contributed by atoms with van der Waals surface area (Å²) in [7, 11) is 0. The third kappa shape index (κ3) is 2.81. The van der Waals surface area contributed by atoms with Gasteiger partial charge >= 0.3 is 0 Å². The van der Waals surface area contributed by atoms with Crippen molar-refractivity contribution in [2.75, 3.05) is 0 Å². The normalized spacial score (nSPS) is 18.5. The molecule has 1 aliphatic carbocycles. The lowest BCUT2D eigenvalue weighted by Gasteiger charge is -2.09. The SMILES string of the molecule is NC(Cc1ccccn1)CC1CC1. The van der Waals surface area contributed by atoms with E-state index in [9.17, 15) is 0 Å². The van der Waals surface area contributed by atoms with Crippen molar-refractivity contribution in [2.24, 2.45) is 11.7 Å². The molecule has 0 aliphatic heterocycles. The monoisotopic (exact) mass is 176 g/mol. The number of nitrogens with two attached hydrogens (primary N) is 1. The van der Waals surface area contributed by atoms with E-state index in [1.165, 1.54) is 19.3 Å². The van der Waals surface area contributed by atoms with Gasteiger partial charge in [-0.25, -0.2) is 0 Å². The van der Waals surface area contributed by atoms with Crippen LogP contribution in [0.5, 0.6) is 0 Å². The van der Waals surface area contributed by atoms with Gasteiger partial charge in [-0.2, -0.15) is 0 Å². The Balaban J connectivity index is 1.82. The predicted octanol–water partition coefficient (Wildman–Crippen LogP) is 1.75.